The van der Waals surface area contributed by atoms with E-state index in [0.29, 0.717) is 6.61 Å². The zero-order valence-corrected chi connectivity index (χ0v) is 11.8. The largest absolute Gasteiger partial charge is 0.467 e. The molecule has 1 rings (SSSR count). The van der Waals surface area contributed by atoms with Crippen LogP contribution in [0.3, 0.4) is 0 Å². The molecule has 0 spiro atoms. The first-order valence-electron chi connectivity index (χ1n) is 6.51. The quantitative estimate of drug-likeness (QED) is 0.565. The van der Waals surface area contributed by atoms with Gasteiger partial charge < -0.3 is 14.5 Å². The molecule has 0 atom stereocenters. The minimum absolute atomic E-state index is 0.124. The van der Waals surface area contributed by atoms with Gasteiger partial charge in [0.2, 0.25) is 0 Å². The number of allylic oxidation sites excluding steroid dienone is 1. The number of unbranched alkanes of at least 4 members (excludes halogenated alkanes) is 1. The summed E-state index contributed by atoms with van der Waals surface area (Å²) in [7, 11) is 0. The SMILES string of the molecule is C=CCCCOCc1cc(CNC(C)(C)C)co1. The van der Waals surface area contributed by atoms with E-state index in [9.17, 15) is 0 Å². The monoisotopic (exact) mass is 251 g/mol. The average Bonchev–Trinajstić information content (AvgIpc) is 2.73. The molecule has 1 aromatic heterocycles. The Morgan fingerprint density at radius 1 is 1.44 bits per heavy atom. The Hall–Kier alpha value is -1.06. The molecule has 1 N–H and O–H groups in total. The summed E-state index contributed by atoms with van der Waals surface area (Å²) in [6.07, 6.45) is 5.72. The van der Waals surface area contributed by atoms with Gasteiger partial charge in [-0.3, -0.25) is 0 Å². The molecule has 0 saturated carbocycles. The second-order valence-corrected chi connectivity index (χ2v) is 5.51. The van der Waals surface area contributed by atoms with Crippen molar-refractivity contribution in [3.63, 3.8) is 0 Å². The van der Waals surface area contributed by atoms with Crippen LogP contribution in [-0.4, -0.2) is 12.1 Å². The molecule has 0 aliphatic heterocycles. The minimum Gasteiger partial charge on any atom is -0.467 e. The van der Waals surface area contributed by atoms with Crippen LogP contribution in [0.15, 0.2) is 29.4 Å². The number of ether oxygens (including phenoxy) is 1. The van der Waals surface area contributed by atoms with Crippen LogP contribution >= 0.6 is 0 Å². The summed E-state index contributed by atoms with van der Waals surface area (Å²) in [4.78, 5) is 0. The van der Waals surface area contributed by atoms with Crippen LogP contribution in [0.1, 0.15) is 44.9 Å². The Morgan fingerprint density at radius 2 is 2.22 bits per heavy atom. The maximum absolute atomic E-state index is 5.52. The fourth-order valence-electron chi connectivity index (χ4n) is 1.46. The molecule has 3 nitrogen and oxygen atoms in total. The summed E-state index contributed by atoms with van der Waals surface area (Å²) in [6.45, 7) is 12.3. The van der Waals surface area contributed by atoms with Crippen molar-refractivity contribution in [3.8, 4) is 0 Å². The summed E-state index contributed by atoms with van der Waals surface area (Å²) in [5, 5.41) is 3.42. The second kappa shape index (κ2) is 7.39. The first kappa shape index (κ1) is 15.0. The van der Waals surface area contributed by atoms with Gasteiger partial charge in [0.05, 0.1) is 6.26 Å². The molecule has 1 heterocycles. The van der Waals surface area contributed by atoms with Gasteiger partial charge in [0.25, 0.3) is 0 Å². The maximum atomic E-state index is 5.52. The van der Waals surface area contributed by atoms with Crippen LogP contribution in [0, 0.1) is 0 Å². The van der Waals surface area contributed by atoms with Gasteiger partial charge in [-0.25, -0.2) is 0 Å². The maximum Gasteiger partial charge on any atom is 0.129 e. The van der Waals surface area contributed by atoms with Crippen LogP contribution < -0.4 is 5.32 Å². The standard InChI is InChI=1S/C15H25NO2/c1-5-6-7-8-17-12-14-9-13(11-18-14)10-16-15(2,3)4/h5,9,11,16H,1,6-8,10,12H2,2-4H3. The Labute approximate surface area is 110 Å². The topological polar surface area (TPSA) is 34.4 Å². The Kier molecular flexibility index (Phi) is 6.16. The van der Waals surface area contributed by atoms with Crippen LogP contribution in [-0.2, 0) is 17.9 Å². The summed E-state index contributed by atoms with van der Waals surface area (Å²) in [5.74, 6) is 0.888. The molecular formula is C15H25NO2. The molecule has 0 fully saturated rings. The molecule has 102 valence electrons. The summed E-state index contributed by atoms with van der Waals surface area (Å²) >= 11 is 0. The van der Waals surface area contributed by atoms with Gasteiger partial charge in [0.1, 0.15) is 12.4 Å². The predicted molar refractivity (Wildman–Crippen MR) is 74.4 cm³/mol. The van der Waals surface area contributed by atoms with Crippen molar-refractivity contribution in [2.75, 3.05) is 6.61 Å². The summed E-state index contributed by atoms with van der Waals surface area (Å²) in [6, 6.07) is 2.05. The number of rotatable bonds is 8. The van der Waals surface area contributed by atoms with Crippen molar-refractivity contribution >= 4 is 0 Å². The van der Waals surface area contributed by atoms with E-state index in [0.717, 1.165) is 37.3 Å². The van der Waals surface area contributed by atoms with Crippen molar-refractivity contribution in [2.45, 2.75) is 52.3 Å². The lowest BCUT2D eigenvalue weighted by Gasteiger charge is -2.19. The first-order valence-corrected chi connectivity index (χ1v) is 6.51. The van der Waals surface area contributed by atoms with Crippen LogP contribution in [0.2, 0.25) is 0 Å². The summed E-state index contributed by atoms with van der Waals surface area (Å²) in [5.41, 5.74) is 1.29. The molecule has 18 heavy (non-hydrogen) atoms. The predicted octanol–water partition coefficient (Wildman–Crippen LogP) is 3.65. The lowest BCUT2D eigenvalue weighted by atomic mass is 10.1. The molecule has 1 aromatic rings. The molecule has 0 unspecified atom stereocenters. The van der Waals surface area contributed by atoms with E-state index in [1.165, 1.54) is 0 Å². The molecule has 0 saturated heterocycles. The third-order valence-electron chi connectivity index (χ3n) is 2.47. The summed E-state index contributed by atoms with van der Waals surface area (Å²) < 4.78 is 11.0. The van der Waals surface area contributed by atoms with Crippen LogP contribution in [0.25, 0.3) is 0 Å². The molecular weight excluding hydrogens is 226 g/mol. The van der Waals surface area contributed by atoms with Crippen molar-refractivity contribution in [3.05, 3.63) is 36.3 Å². The lowest BCUT2D eigenvalue weighted by molar-refractivity contribution is 0.104. The highest BCUT2D eigenvalue weighted by atomic mass is 16.5. The lowest BCUT2D eigenvalue weighted by Crippen LogP contribution is -2.34. The van der Waals surface area contributed by atoms with Crippen molar-refractivity contribution in [1.82, 2.24) is 5.32 Å². The minimum atomic E-state index is 0.124. The van der Waals surface area contributed by atoms with Gasteiger partial charge in [-0.1, -0.05) is 6.08 Å². The zero-order valence-electron chi connectivity index (χ0n) is 11.8. The van der Waals surface area contributed by atoms with E-state index >= 15 is 0 Å². The van der Waals surface area contributed by atoms with Crippen molar-refractivity contribution in [1.29, 1.82) is 0 Å². The number of hydrogen-bond donors (Lipinski definition) is 1. The van der Waals surface area contributed by atoms with Gasteiger partial charge in [-0.15, -0.1) is 6.58 Å². The average molecular weight is 251 g/mol. The van der Waals surface area contributed by atoms with E-state index in [2.05, 4.69) is 32.7 Å². The van der Waals surface area contributed by atoms with Crippen molar-refractivity contribution < 1.29 is 9.15 Å². The normalized spacial score (nSPS) is 11.7. The highest BCUT2D eigenvalue weighted by Crippen LogP contribution is 2.11. The highest BCUT2D eigenvalue weighted by molar-refractivity contribution is 5.12. The van der Waals surface area contributed by atoms with E-state index in [4.69, 9.17) is 9.15 Å². The van der Waals surface area contributed by atoms with E-state index in [1.807, 2.05) is 12.1 Å². The van der Waals surface area contributed by atoms with Gasteiger partial charge in [0, 0.05) is 24.3 Å². The highest BCUT2D eigenvalue weighted by Gasteiger charge is 2.09. The van der Waals surface area contributed by atoms with Gasteiger partial charge in [-0.2, -0.15) is 0 Å². The molecule has 0 bridgehead atoms. The molecule has 0 radical (unpaired) electrons. The Bertz CT molecular complexity index is 350. The van der Waals surface area contributed by atoms with Gasteiger partial charge in [0.15, 0.2) is 0 Å². The molecule has 0 aliphatic carbocycles. The molecule has 3 heteroatoms. The van der Waals surface area contributed by atoms with Crippen LogP contribution in [0.4, 0.5) is 0 Å². The fourth-order valence-corrected chi connectivity index (χ4v) is 1.46. The number of nitrogens with one attached hydrogen (secondary N) is 1. The van der Waals surface area contributed by atoms with Gasteiger partial charge >= 0.3 is 0 Å². The molecule has 0 aromatic carbocycles. The number of hydrogen-bond acceptors (Lipinski definition) is 3. The second-order valence-electron chi connectivity index (χ2n) is 5.51. The third-order valence-corrected chi connectivity index (χ3v) is 2.47. The van der Waals surface area contributed by atoms with Crippen molar-refractivity contribution in [2.24, 2.45) is 0 Å². The smallest absolute Gasteiger partial charge is 0.129 e. The fraction of sp³-hybridized carbons (Fsp3) is 0.600. The van der Waals surface area contributed by atoms with E-state index in [-0.39, 0.29) is 5.54 Å². The Balaban J connectivity index is 2.23. The molecule has 0 amide bonds. The third kappa shape index (κ3) is 6.62. The van der Waals surface area contributed by atoms with E-state index < -0.39 is 0 Å². The first-order chi connectivity index (χ1) is 8.51. The zero-order chi connectivity index (χ0) is 13.4. The Morgan fingerprint density at radius 3 is 2.89 bits per heavy atom. The van der Waals surface area contributed by atoms with Crippen LogP contribution in [0.5, 0.6) is 0 Å². The van der Waals surface area contributed by atoms with E-state index in [1.54, 1.807) is 6.26 Å². The number of furan rings is 1. The molecule has 0 aliphatic rings. The van der Waals surface area contributed by atoms with Gasteiger partial charge in [-0.05, 0) is 39.7 Å².